The molecule has 0 saturated heterocycles. The van der Waals surface area contributed by atoms with E-state index >= 15 is 0 Å². The van der Waals surface area contributed by atoms with Crippen LogP contribution in [0.25, 0.3) is 0 Å². The number of hydrazine groups is 1. The molecule has 1 atom stereocenters. The first-order valence-corrected chi connectivity index (χ1v) is 6.43. The van der Waals surface area contributed by atoms with Gasteiger partial charge in [-0.05, 0) is 36.0 Å². The van der Waals surface area contributed by atoms with Crippen LogP contribution in [0.1, 0.15) is 45.2 Å². The summed E-state index contributed by atoms with van der Waals surface area (Å²) in [4.78, 5) is 0. The lowest BCUT2D eigenvalue weighted by Crippen LogP contribution is -2.28. The molecule has 0 fully saturated rings. The second-order valence-electron chi connectivity index (χ2n) is 5.37. The SMILES string of the molecule is CC(C)(C)CCC(NN)c1ccc(Br)cc1. The Labute approximate surface area is 107 Å². The molecule has 16 heavy (non-hydrogen) atoms. The van der Waals surface area contributed by atoms with Gasteiger partial charge in [-0.25, -0.2) is 0 Å². The van der Waals surface area contributed by atoms with Gasteiger partial charge in [-0.3, -0.25) is 11.3 Å². The number of nitrogens with two attached hydrogens (primary N) is 1. The van der Waals surface area contributed by atoms with Crippen LogP contribution in [0.4, 0.5) is 0 Å². The highest BCUT2D eigenvalue weighted by molar-refractivity contribution is 9.10. The molecule has 0 radical (unpaired) electrons. The van der Waals surface area contributed by atoms with Gasteiger partial charge in [-0.1, -0.05) is 48.8 Å². The summed E-state index contributed by atoms with van der Waals surface area (Å²) in [6.45, 7) is 6.76. The van der Waals surface area contributed by atoms with Crippen LogP contribution in [0.2, 0.25) is 0 Å². The zero-order chi connectivity index (χ0) is 12.2. The summed E-state index contributed by atoms with van der Waals surface area (Å²) in [7, 11) is 0. The van der Waals surface area contributed by atoms with Gasteiger partial charge in [-0.15, -0.1) is 0 Å². The molecule has 90 valence electrons. The Kier molecular flexibility index (Phi) is 4.96. The Bertz CT molecular complexity index is 314. The summed E-state index contributed by atoms with van der Waals surface area (Å²) in [6, 6.07) is 8.56. The number of nitrogens with one attached hydrogen (secondary N) is 1. The Morgan fingerprint density at radius 1 is 1.25 bits per heavy atom. The van der Waals surface area contributed by atoms with E-state index in [0.29, 0.717) is 5.41 Å². The van der Waals surface area contributed by atoms with Gasteiger partial charge in [0.05, 0.1) is 0 Å². The fourth-order valence-electron chi connectivity index (χ4n) is 1.62. The predicted molar refractivity (Wildman–Crippen MR) is 72.9 cm³/mol. The van der Waals surface area contributed by atoms with Gasteiger partial charge in [0.15, 0.2) is 0 Å². The van der Waals surface area contributed by atoms with Crippen molar-refractivity contribution in [2.45, 2.75) is 39.7 Å². The fraction of sp³-hybridized carbons (Fsp3) is 0.538. The minimum absolute atomic E-state index is 0.243. The smallest absolute Gasteiger partial charge is 0.0460 e. The third kappa shape index (κ3) is 4.64. The molecule has 2 nitrogen and oxygen atoms in total. The first-order chi connectivity index (χ1) is 7.42. The second kappa shape index (κ2) is 5.80. The summed E-state index contributed by atoms with van der Waals surface area (Å²) in [5.41, 5.74) is 4.49. The number of hydrogen-bond donors (Lipinski definition) is 2. The average molecular weight is 285 g/mol. The van der Waals surface area contributed by atoms with E-state index in [1.165, 1.54) is 5.56 Å². The van der Waals surface area contributed by atoms with Gasteiger partial charge in [0.1, 0.15) is 0 Å². The molecule has 1 rings (SSSR count). The first kappa shape index (κ1) is 13.7. The van der Waals surface area contributed by atoms with Crippen LogP contribution in [-0.4, -0.2) is 0 Å². The minimum Gasteiger partial charge on any atom is -0.271 e. The van der Waals surface area contributed by atoms with Gasteiger partial charge >= 0.3 is 0 Å². The van der Waals surface area contributed by atoms with Gasteiger partial charge in [-0.2, -0.15) is 0 Å². The molecule has 3 N–H and O–H groups in total. The zero-order valence-corrected chi connectivity index (χ0v) is 11.8. The van der Waals surface area contributed by atoms with Crippen LogP contribution in [-0.2, 0) is 0 Å². The zero-order valence-electron chi connectivity index (χ0n) is 10.3. The topological polar surface area (TPSA) is 38.0 Å². The lowest BCUT2D eigenvalue weighted by atomic mass is 9.87. The Hall–Kier alpha value is -0.380. The standard InChI is InChI=1S/C13H21BrN2/c1-13(2,3)9-8-12(16-15)10-4-6-11(14)7-5-10/h4-7,12,16H,8-9,15H2,1-3H3. The quantitative estimate of drug-likeness (QED) is 0.652. The molecule has 0 aliphatic rings. The van der Waals surface area contributed by atoms with Gasteiger partial charge in [0, 0.05) is 10.5 Å². The maximum atomic E-state index is 5.61. The Morgan fingerprint density at radius 3 is 2.25 bits per heavy atom. The highest BCUT2D eigenvalue weighted by Crippen LogP contribution is 2.27. The normalized spacial score (nSPS) is 13.8. The van der Waals surface area contributed by atoms with E-state index in [-0.39, 0.29) is 6.04 Å². The number of benzene rings is 1. The summed E-state index contributed by atoms with van der Waals surface area (Å²) in [6.07, 6.45) is 2.21. The summed E-state index contributed by atoms with van der Waals surface area (Å²) < 4.78 is 1.10. The molecule has 0 amide bonds. The molecule has 3 heteroatoms. The van der Waals surface area contributed by atoms with Gasteiger partial charge < -0.3 is 0 Å². The molecular formula is C13H21BrN2. The van der Waals surface area contributed by atoms with E-state index in [2.05, 4.69) is 66.4 Å². The Balaban J connectivity index is 2.64. The van der Waals surface area contributed by atoms with Crippen LogP contribution in [0, 0.1) is 5.41 Å². The largest absolute Gasteiger partial charge is 0.271 e. The van der Waals surface area contributed by atoms with Crippen molar-refractivity contribution >= 4 is 15.9 Å². The van der Waals surface area contributed by atoms with Gasteiger partial charge in [0.2, 0.25) is 0 Å². The minimum atomic E-state index is 0.243. The summed E-state index contributed by atoms with van der Waals surface area (Å²) in [5.74, 6) is 5.61. The molecule has 0 aromatic heterocycles. The van der Waals surface area contributed by atoms with E-state index in [1.54, 1.807) is 0 Å². The van der Waals surface area contributed by atoms with Crippen molar-refractivity contribution in [2.24, 2.45) is 11.3 Å². The number of halogens is 1. The van der Waals surface area contributed by atoms with Gasteiger partial charge in [0.25, 0.3) is 0 Å². The van der Waals surface area contributed by atoms with Crippen molar-refractivity contribution in [1.29, 1.82) is 0 Å². The Morgan fingerprint density at radius 2 is 1.81 bits per heavy atom. The maximum Gasteiger partial charge on any atom is 0.0460 e. The highest BCUT2D eigenvalue weighted by atomic mass is 79.9. The van der Waals surface area contributed by atoms with Crippen molar-refractivity contribution in [1.82, 2.24) is 5.43 Å². The molecule has 0 spiro atoms. The lowest BCUT2D eigenvalue weighted by Gasteiger charge is -2.23. The first-order valence-electron chi connectivity index (χ1n) is 5.64. The van der Waals surface area contributed by atoms with Crippen LogP contribution in [0.15, 0.2) is 28.7 Å². The van der Waals surface area contributed by atoms with Crippen molar-refractivity contribution in [2.75, 3.05) is 0 Å². The predicted octanol–water partition coefficient (Wildman–Crippen LogP) is 3.78. The molecule has 0 aliphatic carbocycles. The number of hydrogen-bond acceptors (Lipinski definition) is 2. The van der Waals surface area contributed by atoms with Crippen LogP contribution in [0.3, 0.4) is 0 Å². The van der Waals surface area contributed by atoms with Crippen molar-refractivity contribution in [3.63, 3.8) is 0 Å². The van der Waals surface area contributed by atoms with Crippen LogP contribution >= 0.6 is 15.9 Å². The molecule has 1 unspecified atom stereocenters. The summed E-state index contributed by atoms with van der Waals surface area (Å²) in [5, 5.41) is 0. The van der Waals surface area contributed by atoms with Crippen molar-refractivity contribution in [3.8, 4) is 0 Å². The second-order valence-corrected chi connectivity index (χ2v) is 6.29. The third-order valence-electron chi connectivity index (χ3n) is 2.66. The van der Waals surface area contributed by atoms with Crippen molar-refractivity contribution in [3.05, 3.63) is 34.3 Å². The monoisotopic (exact) mass is 284 g/mol. The average Bonchev–Trinajstić information content (AvgIpc) is 2.20. The molecular weight excluding hydrogens is 264 g/mol. The third-order valence-corrected chi connectivity index (χ3v) is 3.19. The van der Waals surface area contributed by atoms with E-state index < -0.39 is 0 Å². The van der Waals surface area contributed by atoms with Crippen LogP contribution < -0.4 is 11.3 Å². The van der Waals surface area contributed by atoms with E-state index in [1.807, 2.05) is 0 Å². The maximum absolute atomic E-state index is 5.61. The highest BCUT2D eigenvalue weighted by Gasteiger charge is 2.15. The summed E-state index contributed by atoms with van der Waals surface area (Å²) >= 11 is 3.44. The lowest BCUT2D eigenvalue weighted by molar-refractivity contribution is 0.333. The van der Waals surface area contributed by atoms with Crippen LogP contribution in [0.5, 0.6) is 0 Å². The van der Waals surface area contributed by atoms with E-state index in [4.69, 9.17) is 5.84 Å². The van der Waals surface area contributed by atoms with Crippen molar-refractivity contribution < 1.29 is 0 Å². The molecule has 1 aromatic carbocycles. The van der Waals surface area contributed by atoms with E-state index in [0.717, 1.165) is 17.3 Å². The van der Waals surface area contributed by atoms with E-state index in [9.17, 15) is 0 Å². The molecule has 0 bridgehead atoms. The molecule has 0 heterocycles. The molecule has 0 aliphatic heterocycles. The number of rotatable bonds is 4. The molecule has 0 saturated carbocycles. The fourth-order valence-corrected chi connectivity index (χ4v) is 1.88. The molecule has 1 aromatic rings.